The van der Waals surface area contributed by atoms with Gasteiger partial charge in [-0.05, 0) is 19.8 Å². The molecule has 0 radical (unpaired) electrons. The van der Waals surface area contributed by atoms with Gasteiger partial charge in [-0.25, -0.2) is 0 Å². The molecule has 0 spiro atoms. The summed E-state index contributed by atoms with van der Waals surface area (Å²) in [6, 6.07) is 0.326. The van der Waals surface area contributed by atoms with E-state index in [1.165, 1.54) is 0 Å². The normalized spacial score (nSPS) is 38.9. The average molecular weight is 169 g/mol. The molecule has 0 aromatic rings. The van der Waals surface area contributed by atoms with Gasteiger partial charge in [-0.2, -0.15) is 0 Å². The lowest BCUT2D eigenvalue weighted by molar-refractivity contribution is -0.141. The maximum absolute atomic E-state index is 11.5. The van der Waals surface area contributed by atoms with Gasteiger partial charge in [0.15, 0.2) is 0 Å². The zero-order valence-electron chi connectivity index (χ0n) is 7.83. The molecule has 2 aliphatic heterocycles. The predicted molar refractivity (Wildman–Crippen MR) is 44.4 cm³/mol. The van der Waals surface area contributed by atoms with Crippen LogP contribution < -0.4 is 0 Å². The van der Waals surface area contributed by atoms with Crippen molar-refractivity contribution in [2.75, 3.05) is 6.61 Å². The van der Waals surface area contributed by atoms with Gasteiger partial charge in [0, 0.05) is 6.42 Å². The fraction of sp³-hybridized carbons (Fsp3) is 0.889. The van der Waals surface area contributed by atoms with Crippen LogP contribution >= 0.6 is 0 Å². The summed E-state index contributed by atoms with van der Waals surface area (Å²) in [5.41, 5.74) is -0.369. The highest BCUT2D eigenvalue weighted by atomic mass is 16.5. The van der Waals surface area contributed by atoms with Crippen molar-refractivity contribution in [1.29, 1.82) is 0 Å². The van der Waals surface area contributed by atoms with E-state index >= 15 is 0 Å². The van der Waals surface area contributed by atoms with E-state index in [1.54, 1.807) is 0 Å². The van der Waals surface area contributed by atoms with E-state index in [-0.39, 0.29) is 11.6 Å². The first-order valence-corrected chi connectivity index (χ1v) is 4.48. The molecule has 0 aromatic carbocycles. The molecule has 1 amide bonds. The molecule has 12 heavy (non-hydrogen) atoms. The van der Waals surface area contributed by atoms with Gasteiger partial charge in [-0.3, -0.25) is 4.79 Å². The van der Waals surface area contributed by atoms with E-state index in [9.17, 15) is 4.79 Å². The lowest BCUT2D eigenvalue weighted by Crippen LogP contribution is -2.43. The number of nitrogens with zero attached hydrogens (tertiary/aromatic N) is 1. The van der Waals surface area contributed by atoms with Crippen LogP contribution in [0, 0.1) is 5.92 Å². The monoisotopic (exact) mass is 169 g/mol. The Balaban J connectivity index is 2.29. The average Bonchev–Trinajstić information content (AvgIpc) is 2.37. The van der Waals surface area contributed by atoms with Crippen molar-refractivity contribution in [3.63, 3.8) is 0 Å². The Labute approximate surface area is 72.7 Å². The van der Waals surface area contributed by atoms with Crippen molar-refractivity contribution in [2.24, 2.45) is 5.92 Å². The molecule has 2 aliphatic rings. The van der Waals surface area contributed by atoms with Gasteiger partial charge < -0.3 is 9.64 Å². The third-order valence-corrected chi connectivity index (χ3v) is 2.94. The van der Waals surface area contributed by atoms with Gasteiger partial charge >= 0.3 is 0 Å². The van der Waals surface area contributed by atoms with Gasteiger partial charge in [-0.15, -0.1) is 0 Å². The first kappa shape index (κ1) is 8.05. The molecule has 2 atom stereocenters. The van der Waals surface area contributed by atoms with Gasteiger partial charge in [0.25, 0.3) is 0 Å². The van der Waals surface area contributed by atoms with Crippen LogP contribution in [0.25, 0.3) is 0 Å². The summed E-state index contributed by atoms with van der Waals surface area (Å²) in [6.45, 7) is 6.75. The van der Waals surface area contributed by atoms with Crippen LogP contribution in [0.5, 0.6) is 0 Å². The number of fused-ring (bicyclic) bond motifs is 1. The van der Waals surface area contributed by atoms with Crippen LogP contribution in [0.1, 0.15) is 27.2 Å². The fourth-order valence-corrected chi connectivity index (χ4v) is 2.25. The Hall–Kier alpha value is -0.570. The lowest BCUT2D eigenvalue weighted by Gasteiger charge is -2.29. The third-order valence-electron chi connectivity index (χ3n) is 2.94. The Morgan fingerprint density at radius 3 is 2.83 bits per heavy atom. The minimum atomic E-state index is -0.369. The van der Waals surface area contributed by atoms with Gasteiger partial charge in [0.2, 0.25) is 5.91 Å². The summed E-state index contributed by atoms with van der Waals surface area (Å²) in [5, 5.41) is 0. The number of amides is 1. The molecule has 3 heteroatoms. The Morgan fingerprint density at radius 2 is 2.25 bits per heavy atom. The highest BCUT2D eigenvalue weighted by molar-refractivity contribution is 5.80. The van der Waals surface area contributed by atoms with E-state index in [2.05, 4.69) is 6.92 Å². The molecular weight excluding hydrogens is 154 g/mol. The van der Waals surface area contributed by atoms with Crippen molar-refractivity contribution in [3.8, 4) is 0 Å². The van der Waals surface area contributed by atoms with Crippen molar-refractivity contribution in [1.82, 2.24) is 4.90 Å². The summed E-state index contributed by atoms with van der Waals surface area (Å²) >= 11 is 0. The molecule has 3 nitrogen and oxygen atoms in total. The van der Waals surface area contributed by atoms with Crippen LogP contribution in [-0.2, 0) is 9.53 Å². The van der Waals surface area contributed by atoms with Gasteiger partial charge in [0.1, 0.15) is 5.72 Å². The highest BCUT2D eigenvalue weighted by Gasteiger charge is 2.50. The Bertz CT molecular complexity index is 225. The highest BCUT2D eigenvalue weighted by Crippen LogP contribution is 2.37. The summed E-state index contributed by atoms with van der Waals surface area (Å²) < 4.78 is 5.55. The second kappa shape index (κ2) is 2.22. The van der Waals surface area contributed by atoms with Crippen LogP contribution in [0.3, 0.4) is 0 Å². The fourth-order valence-electron chi connectivity index (χ4n) is 2.25. The van der Waals surface area contributed by atoms with Gasteiger partial charge in [0.05, 0.1) is 12.6 Å². The Kier molecular flexibility index (Phi) is 1.49. The molecular formula is C9H15NO2. The first-order chi connectivity index (χ1) is 5.52. The largest absolute Gasteiger partial charge is 0.354 e. The molecule has 0 N–H and O–H groups in total. The second-order valence-corrected chi connectivity index (χ2v) is 4.27. The molecule has 2 unspecified atom stereocenters. The minimum absolute atomic E-state index is 0.245. The van der Waals surface area contributed by atoms with E-state index in [4.69, 9.17) is 4.74 Å². The summed E-state index contributed by atoms with van der Waals surface area (Å²) in [7, 11) is 0. The number of rotatable bonds is 0. The van der Waals surface area contributed by atoms with Crippen LogP contribution in [0.4, 0.5) is 0 Å². The molecule has 0 aromatic heterocycles. The lowest BCUT2D eigenvalue weighted by atomic mass is 10.0. The maximum atomic E-state index is 11.5. The third kappa shape index (κ3) is 0.891. The molecule has 2 heterocycles. The minimum Gasteiger partial charge on any atom is -0.354 e. The van der Waals surface area contributed by atoms with Crippen molar-refractivity contribution in [3.05, 3.63) is 0 Å². The number of carbonyl (C=O) groups excluding carboxylic acids is 1. The van der Waals surface area contributed by atoms with E-state index in [1.807, 2.05) is 18.7 Å². The molecule has 2 rings (SSSR count). The second-order valence-electron chi connectivity index (χ2n) is 4.27. The summed E-state index contributed by atoms with van der Waals surface area (Å²) in [6.07, 6.45) is 0.692. The van der Waals surface area contributed by atoms with E-state index < -0.39 is 0 Å². The summed E-state index contributed by atoms with van der Waals surface area (Å²) in [4.78, 5) is 13.4. The maximum Gasteiger partial charge on any atom is 0.225 e. The molecule has 2 fully saturated rings. The standard InChI is InChI=1S/C9H15NO2/c1-6-4-8(11)10-7(6)5-12-9(10,2)3/h6-7H,4-5H2,1-3H3. The van der Waals surface area contributed by atoms with Crippen LogP contribution in [-0.4, -0.2) is 29.2 Å². The molecule has 68 valence electrons. The topological polar surface area (TPSA) is 29.5 Å². The molecule has 0 bridgehead atoms. The van der Waals surface area contributed by atoms with E-state index in [0.717, 1.165) is 0 Å². The number of ether oxygens (including phenoxy) is 1. The number of hydrogen-bond acceptors (Lipinski definition) is 2. The van der Waals surface area contributed by atoms with Crippen molar-refractivity contribution < 1.29 is 9.53 Å². The van der Waals surface area contributed by atoms with E-state index in [0.29, 0.717) is 25.0 Å². The van der Waals surface area contributed by atoms with Crippen molar-refractivity contribution in [2.45, 2.75) is 39.0 Å². The number of hydrogen-bond donors (Lipinski definition) is 0. The smallest absolute Gasteiger partial charge is 0.225 e. The molecule has 0 aliphatic carbocycles. The Morgan fingerprint density at radius 1 is 1.58 bits per heavy atom. The number of carbonyl (C=O) groups is 1. The predicted octanol–water partition coefficient (Wildman–Crippen LogP) is 0.990. The zero-order valence-corrected chi connectivity index (χ0v) is 7.83. The van der Waals surface area contributed by atoms with Crippen LogP contribution in [0.2, 0.25) is 0 Å². The van der Waals surface area contributed by atoms with Crippen molar-refractivity contribution >= 4 is 5.91 Å². The molecule has 2 saturated heterocycles. The molecule has 0 saturated carbocycles. The quantitative estimate of drug-likeness (QED) is 0.541. The first-order valence-electron chi connectivity index (χ1n) is 4.48. The summed E-state index contributed by atoms with van der Waals surface area (Å²) in [5.74, 6) is 0.703. The van der Waals surface area contributed by atoms with Crippen LogP contribution in [0.15, 0.2) is 0 Å². The van der Waals surface area contributed by atoms with Gasteiger partial charge in [-0.1, -0.05) is 6.92 Å². The zero-order chi connectivity index (χ0) is 8.93. The SMILES string of the molecule is CC1CC(=O)N2C1COC2(C)C.